The number of ketones is 1. The zero-order valence-electron chi connectivity index (χ0n) is 21.3. The molecular formula is C25H31O11P3. The van der Waals surface area contributed by atoms with Crippen LogP contribution in [0.4, 0.5) is 0 Å². The van der Waals surface area contributed by atoms with Crippen LogP contribution in [0, 0.1) is 0 Å². The third kappa shape index (κ3) is 13.6. The zero-order chi connectivity index (χ0) is 29.1. The quantitative estimate of drug-likeness (QED) is 0.0812. The highest BCUT2D eigenvalue weighted by Crippen LogP contribution is 2.66. The van der Waals surface area contributed by atoms with Crippen molar-refractivity contribution in [2.24, 2.45) is 0 Å². The van der Waals surface area contributed by atoms with E-state index in [1.165, 1.54) is 6.08 Å². The molecular weight excluding hydrogens is 569 g/mol. The molecule has 0 radical (unpaired) electrons. The summed E-state index contributed by atoms with van der Waals surface area (Å²) in [6, 6.07) is 16.3. The van der Waals surface area contributed by atoms with E-state index in [9.17, 15) is 23.4 Å². The Hall–Kier alpha value is -2.26. The molecule has 2 rings (SSSR count). The number of benzene rings is 2. The fourth-order valence-corrected chi connectivity index (χ4v) is 6.33. The summed E-state index contributed by atoms with van der Waals surface area (Å²) in [6.07, 6.45) is 5.88. The van der Waals surface area contributed by atoms with Crippen molar-refractivity contribution in [2.45, 2.75) is 33.3 Å². The molecule has 2 atom stereocenters. The minimum Gasteiger partial charge on any atom is -0.372 e. The standard InChI is InChI=1S/C25H31O11P3/c1-20(10-7-17-37(27,28)35-39(32,33)36-38(29,30)31)8-6-9-21(2)18-34-19-22-13-15-24(16-14-22)25(26)23-11-4-3-5-12-23/h3-5,7,9-17H,6,8,18-19H2,1-2H3,(H,27,28)(H,32,33)(H2,29,30,31)/b17-7+,20-10+,21-9+. The Balaban J connectivity index is 1.75. The summed E-state index contributed by atoms with van der Waals surface area (Å²) in [5.74, 6) is 0.561. The lowest BCUT2D eigenvalue weighted by Crippen LogP contribution is -2.02. The fraction of sp³-hybridized carbons (Fsp3) is 0.240. The molecule has 11 nitrogen and oxygen atoms in total. The summed E-state index contributed by atoms with van der Waals surface area (Å²) >= 11 is 0. The normalized spacial score (nSPS) is 16.2. The van der Waals surface area contributed by atoms with Crippen molar-refractivity contribution in [2.75, 3.05) is 6.61 Å². The molecule has 0 aromatic heterocycles. The van der Waals surface area contributed by atoms with Gasteiger partial charge in [-0.15, -0.1) is 0 Å². The molecule has 0 aliphatic heterocycles. The van der Waals surface area contributed by atoms with Crippen LogP contribution in [0.2, 0.25) is 0 Å². The first kappa shape index (κ1) is 32.9. The second-order valence-corrected chi connectivity index (χ2v) is 13.2. The molecule has 0 saturated carbocycles. The van der Waals surface area contributed by atoms with Gasteiger partial charge in [0, 0.05) is 16.9 Å². The first-order valence-electron chi connectivity index (χ1n) is 11.6. The summed E-state index contributed by atoms with van der Waals surface area (Å²) in [4.78, 5) is 48.3. The van der Waals surface area contributed by atoms with Crippen molar-refractivity contribution in [3.8, 4) is 0 Å². The number of hydrogen-bond acceptors (Lipinski definition) is 7. The Morgan fingerprint density at radius 3 is 2.08 bits per heavy atom. The molecule has 2 aromatic rings. The third-order valence-corrected chi connectivity index (χ3v) is 8.95. The predicted molar refractivity (Wildman–Crippen MR) is 146 cm³/mol. The number of carbonyl (C=O) groups excluding carboxylic acids is 1. The summed E-state index contributed by atoms with van der Waals surface area (Å²) in [5.41, 5.74) is 4.01. The molecule has 2 unspecified atom stereocenters. The minimum atomic E-state index is -5.46. The van der Waals surface area contributed by atoms with Gasteiger partial charge in [0.25, 0.3) is 0 Å². The maximum Gasteiger partial charge on any atom is 0.488 e. The van der Waals surface area contributed by atoms with Crippen LogP contribution < -0.4 is 0 Å². The molecule has 14 heteroatoms. The molecule has 0 fully saturated rings. The molecule has 2 aromatic carbocycles. The van der Waals surface area contributed by atoms with Gasteiger partial charge >= 0.3 is 23.2 Å². The Morgan fingerprint density at radius 2 is 1.46 bits per heavy atom. The second kappa shape index (κ2) is 14.9. The van der Waals surface area contributed by atoms with Gasteiger partial charge in [-0.1, -0.05) is 84.0 Å². The van der Waals surface area contributed by atoms with Gasteiger partial charge < -0.3 is 24.3 Å². The Morgan fingerprint density at radius 1 is 0.846 bits per heavy atom. The van der Waals surface area contributed by atoms with Crippen LogP contribution in [0.3, 0.4) is 0 Å². The molecule has 4 N–H and O–H groups in total. The molecule has 212 valence electrons. The second-order valence-electron chi connectivity index (χ2n) is 8.52. The van der Waals surface area contributed by atoms with Gasteiger partial charge in [0.05, 0.1) is 13.2 Å². The van der Waals surface area contributed by atoms with Gasteiger partial charge in [-0.2, -0.15) is 4.31 Å². The number of allylic oxidation sites excluding steroid dienone is 4. The van der Waals surface area contributed by atoms with E-state index in [1.807, 2.05) is 43.3 Å². The molecule has 0 aliphatic rings. The van der Waals surface area contributed by atoms with E-state index in [-0.39, 0.29) is 5.78 Å². The Kier molecular flexibility index (Phi) is 12.6. The van der Waals surface area contributed by atoms with Crippen molar-refractivity contribution >= 4 is 29.0 Å². The number of rotatable bonds is 15. The van der Waals surface area contributed by atoms with Gasteiger partial charge in [-0.05, 0) is 32.3 Å². The highest BCUT2D eigenvalue weighted by Gasteiger charge is 2.38. The van der Waals surface area contributed by atoms with E-state index >= 15 is 0 Å². The van der Waals surface area contributed by atoms with Crippen molar-refractivity contribution in [1.29, 1.82) is 0 Å². The van der Waals surface area contributed by atoms with Gasteiger partial charge in [0.1, 0.15) is 0 Å². The van der Waals surface area contributed by atoms with Crippen molar-refractivity contribution in [3.05, 3.63) is 106 Å². The van der Waals surface area contributed by atoms with Crippen LogP contribution in [0.15, 0.2) is 89.8 Å². The number of carbonyl (C=O) groups is 1. The summed E-state index contributed by atoms with van der Waals surface area (Å²) in [6.45, 7) is 4.49. The predicted octanol–water partition coefficient (Wildman–Crippen LogP) is 6.03. The summed E-state index contributed by atoms with van der Waals surface area (Å²) in [7, 11) is -15.7. The van der Waals surface area contributed by atoms with Gasteiger partial charge in [0.15, 0.2) is 5.78 Å². The zero-order valence-corrected chi connectivity index (χ0v) is 24.0. The lowest BCUT2D eigenvalue weighted by atomic mass is 10.0. The molecule has 0 aliphatic carbocycles. The Labute approximate surface area is 226 Å². The largest absolute Gasteiger partial charge is 0.488 e. The number of hydrogen-bond donors (Lipinski definition) is 4. The van der Waals surface area contributed by atoms with Crippen LogP contribution in [-0.4, -0.2) is 32.0 Å². The van der Waals surface area contributed by atoms with Gasteiger partial charge in [-0.25, -0.2) is 13.4 Å². The molecule has 0 saturated heterocycles. The average molecular weight is 600 g/mol. The smallest absolute Gasteiger partial charge is 0.372 e. The topological polar surface area (TPSA) is 177 Å². The van der Waals surface area contributed by atoms with E-state index in [2.05, 4.69) is 8.62 Å². The molecule has 0 bridgehead atoms. The molecule has 0 amide bonds. The third-order valence-electron chi connectivity index (χ3n) is 4.97. The highest BCUT2D eigenvalue weighted by atomic mass is 31.3. The van der Waals surface area contributed by atoms with E-state index in [4.69, 9.17) is 19.4 Å². The van der Waals surface area contributed by atoms with Crippen LogP contribution in [-0.2, 0) is 33.7 Å². The maximum atomic E-state index is 12.5. The Bertz CT molecular complexity index is 1340. The number of ether oxygens (including phenoxy) is 1. The first-order chi connectivity index (χ1) is 18.2. The van der Waals surface area contributed by atoms with E-state index in [0.29, 0.717) is 43.0 Å². The maximum absolute atomic E-state index is 12.5. The van der Waals surface area contributed by atoms with Gasteiger partial charge in [0.2, 0.25) is 0 Å². The minimum absolute atomic E-state index is 0.0378. The molecule has 0 heterocycles. The lowest BCUT2D eigenvalue weighted by Gasteiger charge is -2.13. The average Bonchev–Trinajstić information content (AvgIpc) is 2.82. The summed E-state index contributed by atoms with van der Waals surface area (Å²) in [5, 5.41) is 0. The van der Waals surface area contributed by atoms with Crippen LogP contribution in [0.25, 0.3) is 0 Å². The van der Waals surface area contributed by atoms with Crippen molar-refractivity contribution < 1.29 is 51.4 Å². The van der Waals surface area contributed by atoms with Crippen LogP contribution >= 0.6 is 23.2 Å². The first-order valence-corrected chi connectivity index (χ1v) is 16.2. The summed E-state index contributed by atoms with van der Waals surface area (Å²) < 4.78 is 47.0. The SMILES string of the molecule is C/C(=C\C=C\P(=O)(O)OP(=O)(O)OP(=O)(O)O)CC/C=C(\C)COCc1ccc(C(=O)c2ccccc2)cc1. The van der Waals surface area contributed by atoms with Gasteiger partial charge in [-0.3, -0.25) is 9.36 Å². The molecule has 0 spiro atoms. The van der Waals surface area contributed by atoms with E-state index in [0.717, 1.165) is 22.8 Å². The number of phosphoric acid groups is 2. The van der Waals surface area contributed by atoms with Crippen molar-refractivity contribution in [3.63, 3.8) is 0 Å². The van der Waals surface area contributed by atoms with Crippen LogP contribution in [0.1, 0.15) is 48.2 Å². The highest BCUT2D eigenvalue weighted by molar-refractivity contribution is 7.69. The van der Waals surface area contributed by atoms with E-state index in [1.54, 1.807) is 31.2 Å². The monoisotopic (exact) mass is 600 g/mol. The molecule has 39 heavy (non-hydrogen) atoms. The van der Waals surface area contributed by atoms with E-state index < -0.39 is 23.2 Å². The van der Waals surface area contributed by atoms with Crippen LogP contribution in [0.5, 0.6) is 0 Å². The fourth-order valence-electron chi connectivity index (χ4n) is 3.17. The lowest BCUT2D eigenvalue weighted by molar-refractivity contribution is 0.103. The van der Waals surface area contributed by atoms with Crippen molar-refractivity contribution in [1.82, 2.24) is 0 Å².